The molecule has 1 unspecified atom stereocenters. The lowest BCUT2D eigenvalue weighted by Crippen LogP contribution is -2.27. The minimum Gasteiger partial charge on any atom is -0.316 e. The standard InChI is InChI=1S/C18H27N3/c1-4-10-19-14-17(12-16-8-6-5-7-9-16)13-18-11-15(2)20-21(18)3/h5-9,11,17,19H,4,10,12-14H2,1-3H3. The van der Waals surface area contributed by atoms with E-state index in [0.717, 1.165) is 31.6 Å². The second-order valence-electron chi connectivity index (χ2n) is 5.86. The lowest BCUT2D eigenvalue weighted by molar-refractivity contribution is 0.458. The first-order valence-electron chi connectivity index (χ1n) is 7.93. The molecule has 0 saturated carbocycles. The van der Waals surface area contributed by atoms with E-state index in [-0.39, 0.29) is 0 Å². The molecule has 2 rings (SSSR count). The van der Waals surface area contributed by atoms with Gasteiger partial charge in [0.05, 0.1) is 5.69 Å². The molecule has 0 amide bonds. The molecule has 0 bridgehead atoms. The predicted molar refractivity (Wildman–Crippen MR) is 88.4 cm³/mol. The second-order valence-corrected chi connectivity index (χ2v) is 5.86. The lowest BCUT2D eigenvalue weighted by Gasteiger charge is -2.18. The quantitative estimate of drug-likeness (QED) is 0.755. The second kappa shape index (κ2) is 7.99. The van der Waals surface area contributed by atoms with Gasteiger partial charge in [-0.2, -0.15) is 5.10 Å². The van der Waals surface area contributed by atoms with Crippen LogP contribution in [0.4, 0.5) is 0 Å². The van der Waals surface area contributed by atoms with Gasteiger partial charge in [-0.3, -0.25) is 4.68 Å². The molecule has 3 heteroatoms. The van der Waals surface area contributed by atoms with E-state index in [2.05, 4.69) is 60.7 Å². The normalized spacial score (nSPS) is 12.5. The highest BCUT2D eigenvalue weighted by atomic mass is 15.3. The van der Waals surface area contributed by atoms with Crippen molar-refractivity contribution in [3.8, 4) is 0 Å². The zero-order valence-corrected chi connectivity index (χ0v) is 13.5. The number of nitrogens with zero attached hydrogens (tertiary/aromatic N) is 2. The van der Waals surface area contributed by atoms with Crippen molar-refractivity contribution in [2.75, 3.05) is 13.1 Å². The largest absolute Gasteiger partial charge is 0.316 e. The zero-order valence-electron chi connectivity index (χ0n) is 13.5. The minimum atomic E-state index is 0.605. The number of hydrogen-bond donors (Lipinski definition) is 1. The van der Waals surface area contributed by atoms with Crippen LogP contribution in [0, 0.1) is 12.8 Å². The highest BCUT2D eigenvalue weighted by Gasteiger charge is 2.13. The highest BCUT2D eigenvalue weighted by molar-refractivity contribution is 5.16. The maximum Gasteiger partial charge on any atom is 0.0596 e. The van der Waals surface area contributed by atoms with Crippen LogP contribution >= 0.6 is 0 Å². The van der Waals surface area contributed by atoms with Gasteiger partial charge in [-0.15, -0.1) is 0 Å². The number of aromatic nitrogens is 2. The summed E-state index contributed by atoms with van der Waals surface area (Å²) in [5.41, 5.74) is 3.85. The molecule has 1 N–H and O–H groups in total. The van der Waals surface area contributed by atoms with Gasteiger partial charge in [0.2, 0.25) is 0 Å². The zero-order chi connectivity index (χ0) is 15.1. The number of rotatable bonds is 8. The van der Waals surface area contributed by atoms with E-state index in [9.17, 15) is 0 Å². The van der Waals surface area contributed by atoms with Gasteiger partial charge < -0.3 is 5.32 Å². The predicted octanol–water partition coefficient (Wildman–Crippen LogP) is 3.13. The maximum atomic E-state index is 4.46. The molecule has 114 valence electrons. The van der Waals surface area contributed by atoms with Crippen LogP contribution in [0.2, 0.25) is 0 Å². The molecule has 1 aromatic carbocycles. The Kier molecular flexibility index (Phi) is 6.00. The van der Waals surface area contributed by atoms with E-state index >= 15 is 0 Å². The summed E-state index contributed by atoms with van der Waals surface area (Å²) in [7, 11) is 2.04. The first-order valence-corrected chi connectivity index (χ1v) is 7.93. The fourth-order valence-electron chi connectivity index (χ4n) is 2.80. The molecule has 3 nitrogen and oxygen atoms in total. The first-order chi connectivity index (χ1) is 10.2. The van der Waals surface area contributed by atoms with Crippen LogP contribution < -0.4 is 5.32 Å². The van der Waals surface area contributed by atoms with Crippen molar-refractivity contribution < 1.29 is 0 Å². The lowest BCUT2D eigenvalue weighted by atomic mass is 9.94. The monoisotopic (exact) mass is 285 g/mol. The van der Waals surface area contributed by atoms with E-state index in [4.69, 9.17) is 0 Å². The fraction of sp³-hybridized carbons (Fsp3) is 0.500. The molecule has 0 radical (unpaired) electrons. The van der Waals surface area contributed by atoms with Gasteiger partial charge >= 0.3 is 0 Å². The van der Waals surface area contributed by atoms with Crippen LogP contribution in [0.5, 0.6) is 0 Å². The summed E-state index contributed by atoms with van der Waals surface area (Å²) < 4.78 is 2.02. The molecular formula is C18H27N3. The molecular weight excluding hydrogens is 258 g/mol. The average molecular weight is 285 g/mol. The van der Waals surface area contributed by atoms with E-state index < -0.39 is 0 Å². The summed E-state index contributed by atoms with van der Waals surface area (Å²) in [6, 6.07) is 13.0. The van der Waals surface area contributed by atoms with Crippen LogP contribution in [-0.2, 0) is 19.9 Å². The minimum absolute atomic E-state index is 0.605. The Morgan fingerprint density at radius 2 is 1.95 bits per heavy atom. The van der Waals surface area contributed by atoms with Gasteiger partial charge in [0.1, 0.15) is 0 Å². The molecule has 1 heterocycles. The van der Waals surface area contributed by atoms with Gasteiger partial charge in [-0.1, -0.05) is 37.3 Å². The van der Waals surface area contributed by atoms with Crippen LogP contribution in [0.3, 0.4) is 0 Å². The summed E-state index contributed by atoms with van der Waals surface area (Å²) in [5.74, 6) is 0.605. The third kappa shape index (κ3) is 5.01. The molecule has 0 aliphatic rings. The number of hydrogen-bond acceptors (Lipinski definition) is 2. The number of benzene rings is 1. The van der Waals surface area contributed by atoms with E-state index in [1.165, 1.54) is 17.7 Å². The average Bonchev–Trinajstić information content (AvgIpc) is 2.78. The summed E-state index contributed by atoms with van der Waals surface area (Å²) >= 11 is 0. The summed E-state index contributed by atoms with van der Waals surface area (Å²) in [5, 5.41) is 8.04. The van der Waals surface area contributed by atoms with Crippen LogP contribution in [0.1, 0.15) is 30.3 Å². The van der Waals surface area contributed by atoms with Crippen molar-refractivity contribution in [3.63, 3.8) is 0 Å². The number of nitrogens with one attached hydrogen (secondary N) is 1. The Balaban J connectivity index is 2.02. The molecule has 1 atom stereocenters. The molecule has 21 heavy (non-hydrogen) atoms. The van der Waals surface area contributed by atoms with Gasteiger partial charge in [-0.25, -0.2) is 0 Å². The Morgan fingerprint density at radius 3 is 2.57 bits per heavy atom. The van der Waals surface area contributed by atoms with Gasteiger partial charge in [0.15, 0.2) is 0 Å². The Labute approximate surface area is 128 Å². The molecule has 0 spiro atoms. The third-order valence-electron chi connectivity index (χ3n) is 3.82. The van der Waals surface area contributed by atoms with Crippen molar-refractivity contribution in [3.05, 3.63) is 53.3 Å². The van der Waals surface area contributed by atoms with Crippen LogP contribution in [-0.4, -0.2) is 22.9 Å². The van der Waals surface area contributed by atoms with Gasteiger partial charge in [0.25, 0.3) is 0 Å². The number of aryl methyl sites for hydroxylation is 2. The molecule has 0 aliphatic carbocycles. The van der Waals surface area contributed by atoms with Crippen molar-refractivity contribution in [1.29, 1.82) is 0 Å². The first kappa shape index (κ1) is 15.8. The summed E-state index contributed by atoms with van der Waals surface area (Å²) in [4.78, 5) is 0. The Bertz CT molecular complexity index is 531. The topological polar surface area (TPSA) is 29.9 Å². The van der Waals surface area contributed by atoms with Crippen molar-refractivity contribution >= 4 is 0 Å². The smallest absolute Gasteiger partial charge is 0.0596 e. The van der Waals surface area contributed by atoms with Crippen molar-refractivity contribution in [2.45, 2.75) is 33.1 Å². The summed E-state index contributed by atoms with van der Waals surface area (Å²) in [6.07, 6.45) is 3.37. The highest BCUT2D eigenvalue weighted by Crippen LogP contribution is 2.15. The molecule has 1 aromatic heterocycles. The van der Waals surface area contributed by atoms with Crippen LogP contribution in [0.15, 0.2) is 36.4 Å². The maximum absolute atomic E-state index is 4.46. The molecule has 2 aromatic rings. The fourth-order valence-corrected chi connectivity index (χ4v) is 2.80. The van der Waals surface area contributed by atoms with Crippen molar-refractivity contribution in [2.24, 2.45) is 13.0 Å². The molecule has 0 saturated heterocycles. The Hall–Kier alpha value is -1.61. The van der Waals surface area contributed by atoms with Crippen molar-refractivity contribution in [1.82, 2.24) is 15.1 Å². The molecule has 0 aliphatic heterocycles. The van der Waals surface area contributed by atoms with E-state index in [0.29, 0.717) is 5.92 Å². The SMILES string of the molecule is CCCNCC(Cc1ccccc1)Cc1cc(C)nn1C. The summed E-state index contributed by atoms with van der Waals surface area (Å²) in [6.45, 7) is 6.43. The van der Waals surface area contributed by atoms with Gasteiger partial charge in [-0.05, 0) is 56.8 Å². The van der Waals surface area contributed by atoms with E-state index in [1.807, 2.05) is 11.7 Å². The molecule has 0 fully saturated rings. The van der Waals surface area contributed by atoms with Crippen LogP contribution in [0.25, 0.3) is 0 Å². The van der Waals surface area contributed by atoms with E-state index in [1.54, 1.807) is 0 Å². The third-order valence-corrected chi connectivity index (χ3v) is 3.82. The Morgan fingerprint density at radius 1 is 1.19 bits per heavy atom. The van der Waals surface area contributed by atoms with Gasteiger partial charge in [0, 0.05) is 12.7 Å².